The number of methoxy groups -OCH3 is 1. The maximum atomic E-state index is 5.27. The van der Waals surface area contributed by atoms with Crippen LogP contribution in [0.2, 0.25) is 0 Å². The highest BCUT2D eigenvalue weighted by molar-refractivity contribution is 9.10. The van der Waals surface area contributed by atoms with Crippen LogP contribution in [0.25, 0.3) is 0 Å². The number of likely N-dealkylation sites (N-methyl/N-ethyl adjacent to an activating group) is 1. The fraction of sp³-hybridized carbons (Fsp3) is 0.571. The zero-order valence-electron chi connectivity index (χ0n) is 11.1. The van der Waals surface area contributed by atoms with Gasteiger partial charge < -0.3 is 15.0 Å². The minimum Gasteiger partial charge on any atom is -0.496 e. The van der Waals surface area contributed by atoms with Gasteiger partial charge in [-0.25, -0.2) is 0 Å². The van der Waals surface area contributed by atoms with Gasteiger partial charge in [-0.3, -0.25) is 0 Å². The Kier molecular flexibility index (Phi) is 4.89. The Hall–Kier alpha value is -0.740. The van der Waals surface area contributed by atoms with E-state index in [1.165, 1.54) is 18.5 Å². The smallest absolute Gasteiger partial charge is 0.133 e. The SMILES string of the molecule is CCNC1CCCN(c2ccc(OC)c(Br)c2)C1. The minimum absolute atomic E-state index is 0.615. The quantitative estimate of drug-likeness (QED) is 0.925. The predicted molar refractivity (Wildman–Crippen MR) is 79.6 cm³/mol. The largest absolute Gasteiger partial charge is 0.496 e. The molecule has 1 aromatic rings. The lowest BCUT2D eigenvalue weighted by molar-refractivity contribution is 0.411. The number of benzene rings is 1. The average molecular weight is 313 g/mol. The molecule has 4 heteroatoms. The van der Waals surface area contributed by atoms with Gasteiger partial charge in [0.1, 0.15) is 5.75 Å². The Morgan fingerprint density at radius 3 is 3.00 bits per heavy atom. The van der Waals surface area contributed by atoms with Gasteiger partial charge in [0.15, 0.2) is 0 Å². The summed E-state index contributed by atoms with van der Waals surface area (Å²) in [6.45, 7) is 5.45. The summed E-state index contributed by atoms with van der Waals surface area (Å²) in [7, 11) is 1.70. The van der Waals surface area contributed by atoms with E-state index >= 15 is 0 Å². The standard InChI is InChI=1S/C14H21BrN2O/c1-3-16-11-5-4-8-17(10-11)12-6-7-14(18-2)13(15)9-12/h6-7,9,11,16H,3-5,8,10H2,1-2H3. The number of nitrogens with one attached hydrogen (secondary N) is 1. The van der Waals surface area contributed by atoms with E-state index in [4.69, 9.17) is 4.74 Å². The third-order valence-corrected chi connectivity index (χ3v) is 4.03. The molecule has 0 amide bonds. The van der Waals surface area contributed by atoms with E-state index in [0.717, 1.165) is 29.9 Å². The fourth-order valence-electron chi connectivity index (χ4n) is 2.52. The molecule has 0 spiro atoms. The summed E-state index contributed by atoms with van der Waals surface area (Å²) in [6.07, 6.45) is 2.53. The van der Waals surface area contributed by atoms with E-state index < -0.39 is 0 Å². The lowest BCUT2D eigenvalue weighted by Crippen LogP contribution is -2.45. The van der Waals surface area contributed by atoms with Crippen molar-refractivity contribution in [3.63, 3.8) is 0 Å². The highest BCUT2D eigenvalue weighted by Gasteiger charge is 2.19. The second kappa shape index (κ2) is 6.43. The first kappa shape index (κ1) is 13.7. The van der Waals surface area contributed by atoms with Crippen molar-refractivity contribution >= 4 is 21.6 Å². The van der Waals surface area contributed by atoms with Gasteiger partial charge in [0.05, 0.1) is 11.6 Å². The third kappa shape index (κ3) is 3.18. The van der Waals surface area contributed by atoms with Crippen molar-refractivity contribution in [1.29, 1.82) is 0 Å². The van der Waals surface area contributed by atoms with Gasteiger partial charge in [-0.2, -0.15) is 0 Å². The molecule has 1 aromatic carbocycles. The topological polar surface area (TPSA) is 24.5 Å². The molecular formula is C14H21BrN2O. The van der Waals surface area contributed by atoms with Crippen molar-refractivity contribution in [3.8, 4) is 5.75 Å². The number of hydrogen-bond acceptors (Lipinski definition) is 3. The Morgan fingerprint density at radius 1 is 1.50 bits per heavy atom. The maximum absolute atomic E-state index is 5.27. The molecule has 1 aliphatic heterocycles. The number of ether oxygens (including phenoxy) is 1. The summed E-state index contributed by atoms with van der Waals surface area (Å²) in [6, 6.07) is 6.92. The third-order valence-electron chi connectivity index (χ3n) is 3.41. The number of rotatable bonds is 4. The summed E-state index contributed by atoms with van der Waals surface area (Å²) in [5.74, 6) is 0.888. The predicted octanol–water partition coefficient (Wildman–Crippen LogP) is 3.04. The molecule has 18 heavy (non-hydrogen) atoms. The summed E-state index contributed by atoms with van der Waals surface area (Å²) in [5.41, 5.74) is 1.27. The Balaban J connectivity index is 2.08. The highest BCUT2D eigenvalue weighted by Crippen LogP contribution is 2.30. The zero-order valence-corrected chi connectivity index (χ0v) is 12.7. The van der Waals surface area contributed by atoms with Crippen LogP contribution in [0, 0.1) is 0 Å². The van der Waals surface area contributed by atoms with E-state index in [1.807, 2.05) is 6.07 Å². The number of nitrogens with zero attached hydrogens (tertiary/aromatic N) is 1. The van der Waals surface area contributed by atoms with E-state index in [-0.39, 0.29) is 0 Å². The van der Waals surface area contributed by atoms with Crippen molar-refractivity contribution in [1.82, 2.24) is 5.32 Å². The Morgan fingerprint density at radius 2 is 2.33 bits per heavy atom. The van der Waals surface area contributed by atoms with Gasteiger partial charge in [-0.05, 0) is 53.5 Å². The van der Waals surface area contributed by atoms with Gasteiger partial charge in [0.2, 0.25) is 0 Å². The maximum Gasteiger partial charge on any atom is 0.133 e. The van der Waals surface area contributed by atoms with Gasteiger partial charge in [-0.15, -0.1) is 0 Å². The number of piperidine rings is 1. The highest BCUT2D eigenvalue weighted by atomic mass is 79.9. The van der Waals surface area contributed by atoms with E-state index in [9.17, 15) is 0 Å². The number of hydrogen-bond donors (Lipinski definition) is 1. The van der Waals surface area contributed by atoms with Crippen molar-refractivity contribution in [2.24, 2.45) is 0 Å². The molecule has 1 fully saturated rings. The van der Waals surface area contributed by atoms with Gasteiger partial charge in [-0.1, -0.05) is 6.92 Å². The molecule has 0 aliphatic carbocycles. The summed E-state index contributed by atoms with van der Waals surface area (Å²) >= 11 is 3.55. The normalized spacial score (nSPS) is 19.9. The molecule has 1 saturated heterocycles. The molecule has 1 unspecified atom stereocenters. The first-order valence-corrected chi connectivity index (χ1v) is 7.35. The molecule has 1 aliphatic rings. The van der Waals surface area contributed by atoms with Gasteiger partial charge in [0.25, 0.3) is 0 Å². The first-order chi connectivity index (χ1) is 8.74. The Bertz CT molecular complexity index is 395. The molecule has 3 nitrogen and oxygen atoms in total. The van der Waals surface area contributed by atoms with E-state index in [0.29, 0.717) is 6.04 Å². The number of anilines is 1. The zero-order chi connectivity index (χ0) is 13.0. The second-order valence-corrected chi connectivity index (χ2v) is 5.52. The molecule has 0 bridgehead atoms. The molecule has 1 heterocycles. The van der Waals surface area contributed by atoms with Crippen LogP contribution in [0.1, 0.15) is 19.8 Å². The number of halogens is 1. The average Bonchev–Trinajstić information content (AvgIpc) is 2.39. The van der Waals surface area contributed by atoms with Crippen molar-refractivity contribution in [2.75, 3.05) is 31.6 Å². The monoisotopic (exact) mass is 312 g/mol. The Labute approximate surface area is 118 Å². The van der Waals surface area contributed by atoms with Crippen LogP contribution in [0.3, 0.4) is 0 Å². The molecule has 1 N–H and O–H groups in total. The van der Waals surface area contributed by atoms with Crippen LogP contribution in [-0.4, -0.2) is 32.8 Å². The lowest BCUT2D eigenvalue weighted by atomic mass is 10.0. The summed E-state index contributed by atoms with van der Waals surface area (Å²) in [4.78, 5) is 2.45. The van der Waals surface area contributed by atoms with Crippen LogP contribution < -0.4 is 15.0 Å². The van der Waals surface area contributed by atoms with Gasteiger partial charge in [0, 0.05) is 24.8 Å². The van der Waals surface area contributed by atoms with Crippen molar-refractivity contribution in [2.45, 2.75) is 25.8 Å². The van der Waals surface area contributed by atoms with Crippen LogP contribution >= 0.6 is 15.9 Å². The molecule has 100 valence electrons. The fourth-order valence-corrected chi connectivity index (χ4v) is 3.05. The first-order valence-electron chi connectivity index (χ1n) is 6.56. The summed E-state index contributed by atoms with van der Waals surface area (Å²) in [5, 5.41) is 3.54. The molecule has 0 radical (unpaired) electrons. The molecule has 1 atom stereocenters. The lowest BCUT2D eigenvalue weighted by Gasteiger charge is -2.35. The van der Waals surface area contributed by atoms with Crippen LogP contribution in [0.15, 0.2) is 22.7 Å². The van der Waals surface area contributed by atoms with E-state index in [2.05, 4.69) is 45.2 Å². The second-order valence-electron chi connectivity index (χ2n) is 4.66. The van der Waals surface area contributed by atoms with Crippen LogP contribution in [0.5, 0.6) is 5.75 Å². The van der Waals surface area contributed by atoms with Crippen LogP contribution in [0.4, 0.5) is 5.69 Å². The van der Waals surface area contributed by atoms with Crippen molar-refractivity contribution < 1.29 is 4.74 Å². The molecule has 0 saturated carbocycles. The van der Waals surface area contributed by atoms with Crippen LogP contribution in [-0.2, 0) is 0 Å². The summed E-state index contributed by atoms with van der Waals surface area (Å²) < 4.78 is 6.29. The van der Waals surface area contributed by atoms with Gasteiger partial charge >= 0.3 is 0 Å². The molecule has 0 aromatic heterocycles. The molecule has 2 rings (SSSR count). The molecular weight excluding hydrogens is 292 g/mol. The minimum atomic E-state index is 0.615. The van der Waals surface area contributed by atoms with Crippen molar-refractivity contribution in [3.05, 3.63) is 22.7 Å². The van der Waals surface area contributed by atoms with E-state index in [1.54, 1.807) is 7.11 Å².